The van der Waals surface area contributed by atoms with Crippen LogP contribution in [0.5, 0.6) is 0 Å². The SMILES string of the molecule is CC(CCC(=O)O)NC(=O)C1CC(=O)N(CC(F)(F)F)C1. The molecule has 120 valence electrons. The minimum Gasteiger partial charge on any atom is -0.481 e. The molecule has 0 aromatic heterocycles. The third-order valence-corrected chi connectivity index (χ3v) is 3.14. The summed E-state index contributed by atoms with van der Waals surface area (Å²) in [6.45, 7) is -0.0227. The molecule has 0 saturated carbocycles. The number of nitrogens with one attached hydrogen (secondary N) is 1. The van der Waals surface area contributed by atoms with Gasteiger partial charge in [-0.3, -0.25) is 14.4 Å². The number of carboxylic acid groups (broad SMARTS) is 1. The summed E-state index contributed by atoms with van der Waals surface area (Å²) in [5.41, 5.74) is 0. The molecule has 0 aromatic rings. The van der Waals surface area contributed by atoms with Gasteiger partial charge in [-0.05, 0) is 13.3 Å². The van der Waals surface area contributed by atoms with Crippen LogP contribution in [0.15, 0.2) is 0 Å². The third kappa shape index (κ3) is 6.01. The lowest BCUT2D eigenvalue weighted by molar-refractivity contribution is -0.157. The van der Waals surface area contributed by atoms with Crippen molar-refractivity contribution >= 4 is 17.8 Å². The van der Waals surface area contributed by atoms with Crippen LogP contribution in [0.4, 0.5) is 13.2 Å². The molecule has 1 rings (SSSR count). The van der Waals surface area contributed by atoms with Crippen molar-refractivity contribution in [2.45, 2.75) is 38.4 Å². The molecular formula is C12H17F3N2O4. The topological polar surface area (TPSA) is 86.7 Å². The lowest BCUT2D eigenvalue weighted by Gasteiger charge is -2.19. The Morgan fingerprint density at radius 1 is 1.48 bits per heavy atom. The molecule has 1 saturated heterocycles. The Balaban J connectivity index is 2.46. The van der Waals surface area contributed by atoms with E-state index in [2.05, 4.69) is 5.32 Å². The van der Waals surface area contributed by atoms with Gasteiger partial charge in [0.05, 0.1) is 5.92 Å². The molecule has 0 radical (unpaired) electrons. The van der Waals surface area contributed by atoms with Gasteiger partial charge in [-0.2, -0.15) is 13.2 Å². The quantitative estimate of drug-likeness (QED) is 0.758. The van der Waals surface area contributed by atoms with E-state index in [1.807, 2.05) is 0 Å². The monoisotopic (exact) mass is 310 g/mol. The van der Waals surface area contributed by atoms with Gasteiger partial charge in [0.1, 0.15) is 6.54 Å². The zero-order valence-corrected chi connectivity index (χ0v) is 11.4. The largest absolute Gasteiger partial charge is 0.481 e. The number of alkyl halides is 3. The van der Waals surface area contributed by atoms with Crippen molar-refractivity contribution in [2.24, 2.45) is 5.92 Å². The predicted octanol–water partition coefficient (Wildman–Crippen LogP) is 0.767. The summed E-state index contributed by atoms with van der Waals surface area (Å²) < 4.78 is 36.7. The standard InChI is InChI=1S/C12H17F3N2O4/c1-7(2-3-10(19)20)16-11(21)8-4-9(18)17(5-8)6-12(13,14)15/h7-8H,2-6H2,1H3,(H,16,21)(H,19,20). The summed E-state index contributed by atoms with van der Waals surface area (Å²) in [5, 5.41) is 11.0. The Bertz CT molecular complexity index is 425. The second kappa shape index (κ2) is 6.77. The molecular weight excluding hydrogens is 293 g/mol. The van der Waals surface area contributed by atoms with Crippen molar-refractivity contribution in [3.8, 4) is 0 Å². The Kier molecular flexibility index (Phi) is 5.56. The molecule has 0 spiro atoms. The second-order valence-electron chi connectivity index (χ2n) is 5.13. The van der Waals surface area contributed by atoms with Gasteiger partial charge in [0.25, 0.3) is 0 Å². The smallest absolute Gasteiger partial charge is 0.406 e. The van der Waals surface area contributed by atoms with E-state index in [0.29, 0.717) is 4.90 Å². The molecule has 0 aromatic carbocycles. The van der Waals surface area contributed by atoms with Crippen molar-refractivity contribution in [1.82, 2.24) is 10.2 Å². The van der Waals surface area contributed by atoms with E-state index in [9.17, 15) is 27.6 Å². The number of amides is 2. The summed E-state index contributed by atoms with van der Waals surface area (Å²) in [6.07, 6.45) is -4.65. The van der Waals surface area contributed by atoms with Gasteiger partial charge >= 0.3 is 12.1 Å². The van der Waals surface area contributed by atoms with Crippen LogP contribution in [-0.4, -0.2) is 53.1 Å². The number of hydrogen-bond acceptors (Lipinski definition) is 3. The molecule has 2 amide bonds. The van der Waals surface area contributed by atoms with E-state index in [-0.39, 0.29) is 25.8 Å². The average Bonchev–Trinajstić information content (AvgIpc) is 2.66. The lowest BCUT2D eigenvalue weighted by Crippen LogP contribution is -2.40. The first-order chi connectivity index (χ1) is 9.58. The fourth-order valence-electron chi connectivity index (χ4n) is 2.09. The molecule has 6 nitrogen and oxygen atoms in total. The zero-order chi connectivity index (χ0) is 16.2. The minimum absolute atomic E-state index is 0.120. The van der Waals surface area contributed by atoms with Crippen molar-refractivity contribution in [2.75, 3.05) is 13.1 Å². The first kappa shape index (κ1) is 17.3. The van der Waals surface area contributed by atoms with Crippen molar-refractivity contribution in [1.29, 1.82) is 0 Å². The molecule has 9 heteroatoms. The van der Waals surface area contributed by atoms with Crippen LogP contribution < -0.4 is 5.32 Å². The van der Waals surface area contributed by atoms with Crippen LogP contribution in [0.25, 0.3) is 0 Å². The average molecular weight is 310 g/mol. The van der Waals surface area contributed by atoms with E-state index in [1.54, 1.807) is 6.92 Å². The summed E-state index contributed by atoms with van der Waals surface area (Å²) >= 11 is 0. The highest BCUT2D eigenvalue weighted by atomic mass is 19.4. The Labute approximate surface area is 119 Å². The van der Waals surface area contributed by atoms with E-state index in [4.69, 9.17) is 5.11 Å². The van der Waals surface area contributed by atoms with Crippen LogP contribution in [-0.2, 0) is 14.4 Å². The van der Waals surface area contributed by atoms with Crippen LogP contribution in [0, 0.1) is 5.92 Å². The summed E-state index contributed by atoms with van der Waals surface area (Å²) in [5.74, 6) is -3.05. The number of rotatable bonds is 6. The first-order valence-electron chi connectivity index (χ1n) is 6.45. The van der Waals surface area contributed by atoms with Gasteiger partial charge in [-0.25, -0.2) is 0 Å². The van der Waals surface area contributed by atoms with E-state index in [0.717, 1.165) is 0 Å². The molecule has 2 unspecified atom stereocenters. The van der Waals surface area contributed by atoms with Crippen molar-refractivity contribution in [3.05, 3.63) is 0 Å². The maximum absolute atomic E-state index is 12.2. The van der Waals surface area contributed by atoms with Crippen LogP contribution in [0.1, 0.15) is 26.2 Å². The van der Waals surface area contributed by atoms with Crippen LogP contribution >= 0.6 is 0 Å². The van der Waals surface area contributed by atoms with Gasteiger partial charge in [-0.1, -0.05) is 0 Å². The second-order valence-corrected chi connectivity index (χ2v) is 5.13. The fraction of sp³-hybridized carbons (Fsp3) is 0.750. The van der Waals surface area contributed by atoms with Crippen LogP contribution in [0.3, 0.4) is 0 Å². The first-order valence-corrected chi connectivity index (χ1v) is 6.45. The number of carbonyl (C=O) groups excluding carboxylic acids is 2. The highest BCUT2D eigenvalue weighted by Crippen LogP contribution is 2.24. The predicted molar refractivity (Wildman–Crippen MR) is 65.2 cm³/mol. The van der Waals surface area contributed by atoms with Gasteiger partial charge in [-0.15, -0.1) is 0 Å². The normalized spacial score (nSPS) is 20.5. The maximum atomic E-state index is 12.2. The number of carbonyl (C=O) groups is 3. The molecule has 1 heterocycles. The fourth-order valence-corrected chi connectivity index (χ4v) is 2.09. The highest BCUT2D eigenvalue weighted by molar-refractivity contribution is 5.89. The molecule has 2 N–H and O–H groups in total. The number of hydrogen-bond donors (Lipinski definition) is 2. The zero-order valence-electron chi connectivity index (χ0n) is 11.4. The third-order valence-electron chi connectivity index (χ3n) is 3.14. The summed E-state index contributed by atoms with van der Waals surface area (Å²) in [4.78, 5) is 34.3. The number of nitrogens with zero attached hydrogens (tertiary/aromatic N) is 1. The number of aliphatic carboxylic acids is 1. The summed E-state index contributed by atoms with van der Waals surface area (Å²) in [6, 6.07) is -0.416. The Morgan fingerprint density at radius 3 is 2.62 bits per heavy atom. The molecule has 1 aliphatic rings. The highest BCUT2D eigenvalue weighted by Gasteiger charge is 2.40. The molecule has 1 aliphatic heterocycles. The maximum Gasteiger partial charge on any atom is 0.406 e. The van der Waals surface area contributed by atoms with Gasteiger partial charge in [0, 0.05) is 25.4 Å². The minimum atomic E-state index is -4.49. The van der Waals surface area contributed by atoms with Gasteiger partial charge < -0.3 is 15.3 Å². The number of likely N-dealkylation sites (tertiary alicyclic amines) is 1. The van der Waals surface area contributed by atoms with E-state index in [1.165, 1.54) is 0 Å². The number of halogens is 3. The molecule has 2 atom stereocenters. The molecule has 0 bridgehead atoms. The van der Waals surface area contributed by atoms with Crippen molar-refractivity contribution in [3.63, 3.8) is 0 Å². The van der Waals surface area contributed by atoms with Gasteiger partial charge in [0.15, 0.2) is 0 Å². The lowest BCUT2D eigenvalue weighted by atomic mass is 10.1. The molecule has 0 aliphatic carbocycles. The summed E-state index contributed by atoms with van der Waals surface area (Å²) in [7, 11) is 0. The van der Waals surface area contributed by atoms with E-state index >= 15 is 0 Å². The molecule has 1 fully saturated rings. The van der Waals surface area contributed by atoms with E-state index < -0.39 is 42.5 Å². The molecule has 21 heavy (non-hydrogen) atoms. The van der Waals surface area contributed by atoms with Crippen molar-refractivity contribution < 1.29 is 32.7 Å². The number of carboxylic acids is 1. The van der Waals surface area contributed by atoms with Crippen LogP contribution in [0.2, 0.25) is 0 Å². The Morgan fingerprint density at radius 2 is 2.10 bits per heavy atom. The Hall–Kier alpha value is -1.80. The van der Waals surface area contributed by atoms with Gasteiger partial charge in [0.2, 0.25) is 11.8 Å².